The van der Waals surface area contributed by atoms with Crippen molar-refractivity contribution >= 4 is 23.3 Å². The second-order valence-corrected chi connectivity index (χ2v) is 5.94. The van der Waals surface area contributed by atoms with E-state index < -0.39 is 11.7 Å². The number of likely N-dealkylation sites (N-methyl/N-ethyl adjacent to an activating group) is 1. The zero-order valence-corrected chi connectivity index (χ0v) is 14.7. The Kier molecular flexibility index (Phi) is 8.71. The van der Waals surface area contributed by atoms with Gasteiger partial charge in [-0.1, -0.05) is 31.9 Å². The fraction of sp³-hybridized carbons (Fsp3) is 0.500. The number of ketones is 1. The predicted molar refractivity (Wildman–Crippen MR) is 95.1 cm³/mol. The lowest BCUT2D eigenvalue weighted by Gasteiger charge is -2.12. The predicted octanol–water partition coefficient (Wildman–Crippen LogP) is 2.07. The van der Waals surface area contributed by atoms with Gasteiger partial charge in [0.25, 0.3) is 11.7 Å². The van der Waals surface area contributed by atoms with E-state index in [0.717, 1.165) is 19.3 Å². The highest BCUT2D eigenvalue weighted by Crippen LogP contribution is 2.16. The number of benzene rings is 1. The Balaban J connectivity index is 2.69. The molecule has 132 valence electrons. The number of anilines is 1. The number of nitrogens with zero attached hydrogens (tertiary/aromatic N) is 1. The second kappa shape index (κ2) is 10.5. The van der Waals surface area contributed by atoms with E-state index >= 15 is 0 Å². The second-order valence-electron chi connectivity index (χ2n) is 5.94. The lowest BCUT2D eigenvalue weighted by atomic mass is 10.1. The minimum atomic E-state index is -0.662. The molecule has 0 radical (unpaired) electrons. The molecule has 2 N–H and O–H groups in total. The molecule has 2 amide bonds. The van der Waals surface area contributed by atoms with Crippen molar-refractivity contribution in [2.24, 2.45) is 0 Å². The maximum Gasteiger partial charge on any atom is 0.292 e. The smallest absolute Gasteiger partial charge is 0.292 e. The van der Waals surface area contributed by atoms with Crippen LogP contribution < -0.4 is 10.6 Å². The fourth-order valence-electron chi connectivity index (χ4n) is 2.13. The van der Waals surface area contributed by atoms with E-state index in [1.54, 1.807) is 24.3 Å². The van der Waals surface area contributed by atoms with Crippen LogP contribution in [0, 0.1) is 0 Å². The summed E-state index contributed by atoms with van der Waals surface area (Å²) in [5.74, 6) is -1.44. The maximum absolute atomic E-state index is 12.3. The molecule has 0 fully saturated rings. The monoisotopic (exact) mass is 333 g/mol. The first-order valence-electron chi connectivity index (χ1n) is 8.31. The van der Waals surface area contributed by atoms with E-state index in [1.165, 1.54) is 0 Å². The summed E-state index contributed by atoms with van der Waals surface area (Å²) in [5, 5.41) is 5.32. The minimum absolute atomic E-state index is 0.142. The first-order valence-corrected chi connectivity index (χ1v) is 8.31. The lowest BCUT2D eigenvalue weighted by molar-refractivity contribution is -0.117. The Morgan fingerprint density at radius 3 is 2.46 bits per heavy atom. The summed E-state index contributed by atoms with van der Waals surface area (Å²) in [5.41, 5.74) is 0.593. The largest absolute Gasteiger partial charge is 0.348 e. The molecule has 0 saturated carbocycles. The highest BCUT2D eigenvalue weighted by atomic mass is 16.2. The number of hydrogen-bond donors (Lipinski definition) is 2. The lowest BCUT2D eigenvalue weighted by Crippen LogP contribution is -2.36. The van der Waals surface area contributed by atoms with Crippen molar-refractivity contribution in [3.05, 3.63) is 29.8 Å². The molecule has 24 heavy (non-hydrogen) atoms. The first-order chi connectivity index (χ1) is 11.5. The Hall–Kier alpha value is -2.21. The van der Waals surface area contributed by atoms with Crippen LogP contribution in [0.25, 0.3) is 0 Å². The van der Waals surface area contributed by atoms with Crippen LogP contribution in [0.4, 0.5) is 5.69 Å². The number of carbonyl (C=O) groups is 3. The number of nitrogens with one attached hydrogen (secondary N) is 2. The van der Waals surface area contributed by atoms with Crippen molar-refractivity contribution in [2.45, 2.75) is 32.6 Å². The van der Waals surface area contributed by atoms with E-state index in [2.05, 4.69) is 17.6 Å². The number of unbranched alkanes of at least 4 members (excludes halogenated alkanes) is 2. The Morgan fingerprint density at radius 2 is 1.79 bits per heavy atom. The molecule has 0 aliphatic carbocycles. The summed E-state index contributed by atoms with van der Waals surface area (Å²) in [6.45, 7) is 3.11. The van der Waals surface area contributed by atoms with Crippen molar-refractivity contribution in [1.29, 1.82) is 0 Å². The SMILES string of the molecule is CCCCCC(=O)Nc1ccccc1C(=O)C(=O)NCCN(C)C. The average molecular weight is 333 g/mol. The van der Waals surface area contributed by atoms with Crippen molar-refractivity contribution < 1.29 is 14.4 Å². The van der Waals surface area contributed by atoms with Crippen LogP contribution in [-0.2, 0) is 9.59 Å². The van der Waals surface area contributed by atoms with Crippen LogP contribution in [0.5, 0.6) is 0 Å². The van der Waals surface area contributed by atoms with Gasteiger partial charge in [0.05, 0.1) is 11.3 Å². The molecule has 0 aliphatic heterocycles. The van der Waals surface area contributed by atoms with Crippen molar-refractivity contribution in [1.82, 2.24) is 10.2 Å². The maximum atomic E-state index is 12.3. The third-order valence-electron chi connectivity index (χ3n) is 3.50. The van der Waals surface area contributed by atoms with E-state index in [4.69, 9.17) is 0 Å². The van der Waals surface area contributed by atoms with Gasteiger partial charge in [0.15, 0.2) is 0 Å². The molecule has 6 nitrogen and oxygen atoms in total. The zero-order valence-electron chi connectivity index (χ0n) is 14.7. The quantitative estimate of drug-likeness (QED) is 0.390. The van der Waals surface area contributed by atoms with Crippen molar-refractivity contribution in [2.75, 3.05) is 32.5 Å². The summed E-state index contributed by atoms with van der Waals surface area (Å²) < 4.78 is 0. The van der Waals surface area contributed by atoms with Crippen LogP contribution in [0.1, 0.15) is 43.0 Å². The number of amides is 2. The van der Waals surface area contributed by atoms with E-state index in [-0.39, 0.29) is 11.5 Å². The Bertz CT molecular complexity index is 570. The van der Waals surface area contributed by atoms with Gasteiger partial charge in [0.2, 0.25) is 5.91 Å². The zero-order chi connectivity index (χ0) is 17.9. The Labute approximate surface area is 143 Å². The van der Waals surface area contributed by atoms with Gasteiger partial charge in [0, 0.05) is 19.5 Å². The molecule has 0 unspecified atom stereocenters. The molecule has 0 heterocycles. The molecule has 1 rings (SSSR count). The Morgan fingerprint density at radius 1 is 1.08 bits per heavy atom. The van der Waals surface area contributed by atoms with Gasteiger partial charge in [0.1, 0.15) is 0 Å². The van der Waals surface area contributed by atoms with E-state index in [9.17, 15) is 14.4 Å². The van der Waals surface area contributed by atoms with Gasteiger partial charge in [-0.25, -0.2) is 0 Å². The molecular weight excluding hydrogens is 306 g/mol. The van der Waals surface area contributed by atoms with Gasteiger partial charge in [-0.3, -0.25) is 14.4 Å². The average Bonchev–Trinajstić information content (AvgIpc) is 2.54. The number of Topliss-reactive ketones (excluding diaryl/α,β-unsaturated/α-hetero) is 1. The number of para-hydroxylation sites is 1. The summed E-state index contributed by atoms with van der Waals surface area (Å²) in [6.07, 6.45) is 3.24. The molecule has 1 aromatic rings. The van der Waals surface area contributed by atoms with Crippen molar-refractivity contribution in [3.8, 4) is 0 Å². The van der Waals surface area contributed by atoms with Gasteiger partial charge in [-0.05, 0) is 32.6 Å². The number of carbonyl (C=O) groups excluding carboxylic acids is 3. The van der Waals surface area contributed by atoms with Crippen LogP contribution in [-0.4, -0.2) is 49.7 Å². The molecule has 1 aromatic carbocycles. The topological polar surface area (TPSA) is 78.5 Å². The standard InChI is InChI=1S/C18H27N3O3/c1-4-5-6-11-16(22)20-15-10-8-7-9-14(15)17(23)18(24)19-12-13-21(2)3/h7-10H,4-6,11-13H2,1-3H3,(H,19,24)(H,20,22). The molecular formula is C18H27N3O3. The normalized spacial score (nSPS) is 10.5. The summed E-state index contributed by atoms with van der Waals surface area (Å²) in [7, 11) is 3.77. The number of rotatable bonds is 10. The summed E-state index contributed by atoms with van der Waals surface area (Å²) in [6, 6.07) is 6.59. The molecule has 0 bridgehead atoms. The van der Waals surface area contributed by atoms with Crippen LogP contribution >= 0.6 is 0 Å². The van der Waals surface area contributed by atoms with Crippen molar-refractivity contribution in [3.63, 3.8) is 0 Å². The first kappa shape index (κ1) is 19.8. The van der Waals surface area contributed by atoms with E-state index in [0.29, 0.717) is 25.2 Å². The van der Waals surface area contributed by atoms with Crippen LogP contribution in [0.15, 0.2) is 24.3 Å². The highest BCUT2D eigenvalue weighted by Gasteiger charge is 2.19. The van der Waals surface area contributed by atoms with Gasteiger partial charge < -0.3 is 15.5 Å². The summed E-state index contributed by atoms with van der Waals surface area (Å²) >= 11 is 0. The van der Waals surface area contributed by atoms with E-state index in [1.807, 2.05) is 19.0 Å². The summed E-state index contributed by atoms with van der Waals surface area (Å²) in [4.78, 5) is 38.2. The third-order valence-corrected chi connectivity index (χ3v) is 3.50. The van der Waals surface area contributed by atoms with Gasteiger partial charge >= 0.3 is 0 Å². The number of hydrogen-bond acceptors (Lipinski definition) is 4. The van der Waals surface area contributed by atoms with Crippen LogP contribution in [0.2, 0.25) is 0 Å². The van der Waals surface area contributed by atoms with Gasteiger partial charge in [-0.15, -0.1) is 0 Å². The van der Waals surface area contributed by atoms with Gasteiger partial charge in [-0.2, -0.15) is 0 Å². The molecule has 6 heteroatoms. The molecule has 0 aromatic heterocycles. The van der Waals surface area contributed by atoms with Crippen LogP contribution in [0.3, 0.4) is 0 Å². The molecule has 0 spiro atoms. The minimum Gasteiger partial charge on any atom is -0.348 e. The fourth-order valence-corrected chi connectivity index (χ4v) is 2.13. The molecule has 0 saturated heterocycles. The highest BCUT2D eigenvalue weighted by molar-refractivity contribution is 6.44. The third kappa shape index (κ3) is 6.91. The molecule has 0 atom stereocenters. The molecule has 0 aliphatic rings.